The van der Waals surface area contributed by atoms with Crippen LogP contribution < -0.4 is 0 Å². The van der Waals surface area contributed by atoms with E-state index in [2.05, 4.69) is 26.5 Å². The number of aromatic amines is 1. The Morgan fingerprint density at radius 3 is 2.97 bits per heavy atom. The maximum Gasteiger partial charge on any atom is 0.358 e. The van der Waals surface area contributed by atoms with Crippen LogP contribution in [-0.2, 0) is 15.0 Å². The lowest BCUT2D eigenvalue weighted by Gasteiger charge is -2.45. The number of carbonyl (C=O) groups is 1. The molecule has 5 rings (SSSR count). The molecule has 1 N–H and O–H groups in total. The number of nitriles is 1. The maximum atomic E-state index is 12.0. The molecule has 4 aromatic rings. The Balaban J connectivity index is 1.53. The number of nitrogens with zero attached hydrogens (tertiary/aromatic N) is 7. The zero-order chi connectivity index (χ0) is 23.0. The zero-order valence-corrected chi connectivity index (χ0v) is 18.2. The van der Waals surface area contributed by atoms with E-state index in [1.807, 2.05) is 16.9 Å². The summed E-state index contributed by atoms with van der Waals surface area (Å²) < 4.78 is 14.0. The number of nitrogens with one attached hydrogen (secondary N) is 1. The molecule has 0 bridgehead atoms. The van der Waals surface area contributed by atoms with Gasteiger partial charge in [0, 0.05) is 24.9 Å². The van der Waals surface area contributed by atoms with Gasteiger partial charge in [-0.2, -0.15) is 20.6 Å². The summed E-state index contributed by atoms with van der Waals surface area (Å²) in [4.78, 5) is 16.8. The van der Waals surface area contributed by atoms with Crippen LogP contribution >= 0.6 is 0 Å². The number of aromatic nitrogens is 7. The molecule has 0 radical (unpaired) electrons. The van der Waals surface area contributed by atoms with Gasteiger partial charge in [0.15, 0.2) is 5.69 Å². The van der Waals surface area contributed by atoms with E-state index < -0.39 is 5.97 Å². The number of ether oxygens (including phenoxy) is 2. The lowest BCUT2D eigenvalue weighted by molar-refractivity contribution is -0.0542. The SMILES string of the molecule is CCOC(=O)c1cc(-c2cn3nccc3c(-c3cnn([C@]4(CC#N)C[C@H](OC)C4)c3)n2)[nH]n1. The molecular formula is C22H22N8O3. The first-order valence-electron chi connectivity index (χ1n) is 10.6. The second-order valence-corrected chi connectivity index (χ2v) is 8.02. The summed E-state index contributed by atoms with van der Waals surface area (Å²) in [5.41, 5.74) is 3.21. The Bertz CT molecular complexity index is 1360. The highest BCUT2D eigenvalue weighted by molar-refractivity contribution is 5.88. The van der Waals surface area contributed by atoms with E-state index in [9.17, 15) is 10.1 Å². The summed E-state index contributed by atoms with van der Waals surface area (Å²) in [5.74, 6) is -0.501. The maximum absolute atomic E-state index is 12.0. The van der Waals surface area contributed by atoms with Crippen LogP contribution in [0.15, 0.2) is 36.9 Å². The van der Waals surface area contributed by atoms with E-state index in [1.54, 1.807) is 43.2 Å². The van der Waals surface area contributed by atoms with Gasteiger partial charge in [-0.1, -0.05) is 0 Å². The fourth-order valence-corrected chi connectivity index (χ4v) is 4.25. The van der Waals surface area contributed by atoms with Crippen molar-refractivity contribution < 1.29 is 14.3 Å². The molecule has 4 aromatic heterocycles. The first-order valence-corrected chi connectivity index (χ1v) is 10.6. The average molecular weight is 446 g/mol. The van der Waals surface area contributed by atoms with Crippen molar-refractivity contribution in [3.8, 4) is 28.7 Å². The van der Waals surface area contributed by atoms with E-state index in [4.69, 9.17) is 14.5 Å². The Kier molecular flexibility index (Phi) is 5.14. The van der Waals surface area contributed by atoms with E-state index in [-0.39, 0.29) is 23.9 Å². The summed E-state index contributed by atoms with van der Waals surface area (Å²) in [7, 11) is 1.68. The van der Waals surface area contributed by atoms with Gasteiger partial charge in [0.1, 0.15) is 5.69 Å². The van der Waals surface area contributed by atoms with Crippen molar-refractivity contribution in [1.29, 1.82) is 5.26 Å². The third kappa shape index (κ3) is 3.54. The van der Waals surface area contributed by atoms with Gasteiger partial charge in [-0.15, -0.1) is 0 Å². The summed E-state index contributed by atoms with van der Waals surface area (Å²) >= 11 is 0. The molecule has 0 spiro atoms. The number of hydrogen-bond donors (Lipinski definition) is 1. The zero-order valence-electron chi connectivity index (χ0n) is 18.2. The molecule has 0 amide bonds. The molecule has 0 atom stereocenters. The highest BCUT2D eigenvalue weighted by Crippen LogP contribution is 2.43. The molecule has 11 heteroatoms. The van der Waals surface area contributed by atoms with Crippen LogP contribution in [0, 0.1) is 11.3 Å². The molecule has 0 saturated heterocycles. The van der Waals surface area contributed by atoms with Gasteiger partial charge in [-0.25, -0.2) is 14.3 Å². The van der Waals surface area contributed by atoms with Crippen molar-refractivity contribution in [2.45, 2.75) is 37.8 Å². The van der Waals surface area contributed by atoms with Gasteiger partial charge >= 0.3 is 5.97 Å². The van der Waals surface area contributed by atoms with Crippen molar-refractivity contribution in [3.63, 3.8) is 0 Å². The van der Waals surface area contributed by atoms with Gasteiger partial charge in [0.05, 0.1) is 66.2 Å². The van der Waals surface area contributed by atoms with Crippen LogP contribution in [-0.4, -0.2) is 60.4 Å². The fourth-order valence-electron chi connectivity index (χ4n) is 4.25. The molecule has 0 aliphatic heterocycles. The van der Waals surface area contributed by atoms with Crippen molar-refractivity contribution in [2.75, 3.05) is 13.7 Å². The average Bonchev–Trinajstić information content (AvgIpc) is 3.55. The number of fused-ring (bicyclic) bond motifs is 1. The van der Waals surface area contributed by atoms with E-state index in [0.29, 0.717) is 23.5 Å². The highest BCUT2D eigenvalue weighted by atomic mass is 16.5. The minimum absolute atomic E-state index is 0.128. The molecule has 168 valence electrons. The number of esters is 1. The number of methoxy groups -OCH3 is 1. The monoisotopic (exact) mass is 446 g/mol. The molecule has 0 aromatic carbocycles. The van der Waals surface area contributed by atoms with Gasteiger partial charge in [0.25, 0.3) is 0 Å². The molecule has 1 saturated carbocycles. The third-order valence-electron chi connectivity index (χ3n) is 6.03. The van der Waals surface area contributed by atoms with Gasteiger partial charge < -0.3 is 9.47 Å². The molecule has 1 aliphatic rings. The van der Waals surface area contributed by atoms with Crippen LogP contribution in [0.1, 0.15) is 36.7 Å². The Morgan fingerprint density at radius 1 is 1.36 bits per heavy atom. The number of rotatable bonds is 7. The topological polar surface area (TPSA) is 136 Å². The van der Waals surface area contributed by atoms with E-state index >= 15 is 0 Å². The lowest BCUT2D eigenvalue weighted by atomic mass is 9.72. The molecule has 1 fully saturated rings. The first-order chi connectivity index (χ1) is 16.1. The normalized spacial score (nSPS) is 19.8. The van der Waals surface area contributed by atoms with Crippen LogP contribution in [0.25, 0.3) is 28.2 Å². The molecule has 33 heavy (non-hydrogen) atoms. The van der Waals surface area contributed by atoms with Crippen LogP contribution in [0.3, 0.4) is 0 Å². The number of hydrogen-bond acceptors (Lipinski definition) is 8. The molecular weight excluding hydrogens is 424 g/mol. The second kappa shape index (κ2) is 8.14. The predicted octanol–water partition coefficient (Wildman–Crippen LogP) is 2.58. The summed E-state index contributed by atoms with van der Waals surface area (Å²) in [6, 6.07) is 5.76. The third-order valence-corrected chi connectivity index (χ3v) is 6.03. The smallest absolute Gasteiger partial charge is 0.358 e. The van der Waals surface area contributed by atoms with Gasteiger partial charge in [-0.3, -0.25) is 9.78 Å². The number of H-pyrrole nitrogens is 1. The molecule has 11 nitrogen and oxygen atoms in total. The molecule has 4 heterocycles. The van der Waals surface area contributed by atoms with Gasteiger partial charge in [-0.05, 0) is 25.8 Å². The van der Waals surface area contributed by atoms with Crippen LogP contribution in [0.2, 0.25) is 0 Å². The quantitative estimate of drug-likeness (QED) is 0.428. The Morgan fingerprint density at radius 2 is 2.21 bits per heavy atom. The first kappa shape index (κ1) is 20.8. The van der Waals surface area contributed by atoms with Crippen molar-refractivity contribution in [2.24, 2.45) is 0 Å². The summed E-state index contributed by atoms with van der Waals surface area (Å²) in [6.07, 6.45) is 9.07. The van der Waals surface area contributed by atoms with Crippen LogP contribution in [0.4, 0.5) is 0 Å². The standard InChI is InChI=1S/C22H22N8O3/c1-3-33-21(31)17-8-16(27-28-17)18-13-29-19(4-7-24-29)20(26-18)14-11-25-30(12-14)22(5-6-23)9-15(10-22)32-2/h4,7-8,11-13,15H,3,5,9-10H2,1-2H3,(H,27,28)/t15-,22+. The summed E-state index contributed by atoms with van der Waals surface area (Å²) in [5, 5.41) is 25.2. The van der Waals surface area contributed by atoms with E-state index in [0.717, 1.165) is 23.9 Å². The fraction of sp³-hybridized carbons (Fsp3) is 0.364. The van der Waals surface area contributed by atoms with E-state index in [1.165, 1.54) is 0 Å². The lowest BCUT2D eigenvalue weighted by Crippen LogP contribution is -2.50. The summed E-state index contributed by atoms with van der Waals surface area (Å²) in [6.45, 7) is 2.01. The molecule has 0 unspecified atom stereocenters. The highest BCUT2D eigenvalue weighted by Gasteiger charge is 2.47. The predicted molar refractivity (Wildman–Crippen MR) is 116 cm³/mol. The Hall–Kier alpha value is -4.04. The Labute approximate surface area is 189 Å². The van der Waals surface area contributed by atoms with Crippen LogP contribution in [0.5, 0.6) is 0 Å². The van der Waals surface area contributed by atoms with Crippen molar-refractivity contribution >= 4 is 11.5 Å². The molecule has 1 aliphatic carbocycles. The van der Waals surface area contributed by atoms with Gasteiger partial charge in [0.2, 0.25) is 0 Å². The number of carbonyl (C=O) groups excluding carboxylic acids is 1. The van der Waals surface area contributed by atoms with Crippen molar-refractivity contribution in [3.05, 3.63) is 42.6 Å². The largest absolute Gasteiger partial charge is 0.461 e. The second-order valence-electron chi connectivity index (χ2n) is 8.02. The minimum atomic E-state index is -0.501. The minimum Gasteiger partial charge on any atom is -0.461 e. The van der Waals surface area contributed by atoms with Crippen molar-refractivity contribution in [1.82, 2.24) is 34.6 Å².